The highest BCUT2D eigenvalue weighted by molar-refractivity contribution is 6.32. The summed E-state index contributed by atoms with van der Waals surface area (Å²) in [7, 11) is 1.42. The molecule has 0 heterocycles. The van der Waals surface area contributed by atoms with Crippen LogP contribution in [0.2, 0.25) is 5.02 Å². The molecular formula is C10H12ClFO2. The maximum Gasteiger partial charge on any atom is 0.140 e. The van der Waals surface area contributed by atoms with E-state index < -0.39 is 11.9 Å². The normalized spacial score (nSPS) is 12.6. The minimum absolute atomic E-state index is 0.294. The first kappa shape index (κ1) is 11.3. The van der Waals surface area contributed by atoms with Gasteiger partial charge < -0.3 is 9.84 Å². The van der Waals surface area contributed by atoms with Crippen molar-refractivity contribution in [3.63, 3.8) is 0 Å². The number of aliphatic hydroxyl groups is 1. The molecule has 4 heteroatoms. The van der Waals surface area contributed by atoms with Crippen LogP contribution in [0.4, 0.5) is 4.39 Å². The van der Waals surface area contributed by atoms with Crippen LogP contribution < -0.4 is 4.74 Å². The van der Waals surface area contributed by atoms with Crippen molar-refractivity contribution in [2.75, 3.05) is 7.11 Å². The molecule has 0 saturated heterocycles. The Morgan fingerprint density at radius 1 is 1.57 bits per heavy atom. The van der Waals surface area contributed by atoms with E-state index in [4.69, 9.17) is 21.4 Å². The van der Waals surface area contributed by atoms with Gasteiger partial charge >= 0.3 is 0 Å². The molecule has 1 atom stereocenters. The van der Waals surface area contributed by atoms with E-state index in [1.165, 1.54) is 19.2 Å². The summed E-state index contributed by atoms with van der Waals surface area (Å²) >= 11 is 5.92. The zero-order valence-corrected chi connectivity index (χ0v) is 8.81. The van der Waals surface area contributed by atoms with Crippen molar-refractivity contribution >= 4 is 11.6 Å². The van der Waals surface area contributed by atoms with Gasteiger partial charge in [0, 0.05) is 6.07 Å². The SMILES string of the molecule is COc1cc(F)cc(CC(C)O)c1Cl. The van der Waals surface area contributed by atoms with E-state index in [1.807, 2.05) is 0 Å². The first-order valence-electron chi connectivity index (χ1n) is 4.24. The van der Waals surface area contributed by atoms with Crippen molar-refractivity contribution in [3.05, 3.63) is 28.5 Å². The van der Waals surface area contributed by atoms with Gasteiger partial charge in [0.15, 0.2) is 0 Å². The molecule has 0 aromatic heterocycles. The quantitative estimate of drug-likeness (QED) is 0.844. The Morgan fingerprint density at radius 2 is 2.21 bits per heavy atom. The summed E-state index contributed by atoms with van der Waals surface area (Å²) in [5, 5.41) is 9.52. The number of rotatable bonds is 3. The molecule has 0 bridgehead atoms. The molecule has 0 saturated carbocycles. The molecule has 0 aliphatic rings. The fourth-order valence-electron chi connectivity index (χ4n) is 1.23. The van der Waals surface area contributed by atoms with Crippen LogP contribution in [0.15, 0.2) is 12.1 Å². The zero-order valence-electron chi connectivity index (χ0n) is 8.05. The Hall–Kier alpha value is -0.800. The Labute approximate surface area is 87.3 Å². The topological polar surface area (TPSA) is 29.5 Å². The number of halogens is 2. The summed E-state index contributed by atoms with van der Waals surface area (Å²) in [6.07, 6.45) is -0.244. The lowest BCUT2D eigenvalue weighted by Crippen LogP contribution is -2.05. The zero-order chi connectivity index (χ0) is 10.7. The molecule has 14 heavy (non-hydrogen) atoms. The van der Waals surface area contributed by atoms with Gasteiger partial charge in [-0.2, -0.15) is 0 Å². The minimum Gasteiger partial charge on any atom is -0.495 e. The molecule has 0 spiro atoms. The van der Waals surface area contributed by atoms with Gasteiger partial charge in [-0.3, -0.25) is 0 Å². The second kappa shape index (κ2) is 4.62. The Morgan fingerprint density at radius 3 is 2.71 bits per heavy atom. The van der Waals surface area contributed by atoms with Crippen molar-refractivity contribution in [3.8, 4) is 5.75 Å². The third kappa shape index (κ3) is 2.59. The van der Waals surface area contributed by atoms with Crippen molar-refractivity contribution in [2.45, 2.75) is 19.4 Å². The molecule has 1 aromatic carbocycles. The number of benzene rings is 1. The van der Waals surface area contributed by atoms with Crippen LogP contribution in [0.25, 0.3) is 0 Å². The second-order valence-corrected chi connectivity index (χ2v) is 3.51. The average molecular weight is 219 g/mol. The van der Waals surface area contributed by atoms with Gasteiger partial charge in [-0.15, -0.1) is 0 Å². The van der Waals surface area contributed by atoms with Crippen molar-refractivity contribution in [1.29, 1.82) is 0 Å². The third-order valence-electron chi connectivity index (χ3n) is 1.81. The second-order valence-electron chi connectivity index (χ2n) is 3.13. The van der Waals surface area contributed by atoms with E-state index in [1.54, 1.807) is 6.92 Å². The predicted molar refractivity (Wildman–Crippen MR) is 53.3 cm³/mol. The summed E-state index contributed by atoms with van der Waals surface area (Å²) < 4.78 is 17.9. The molecule has 1 N–H and O–H groups in total. The first-order chi connectivity index (χ1) is 6.54. The standard InChI is InChI=1S/C10H12ClFO2/c1-6(13)3-7-4-8(12)5-9(14-2)10(7)11/h4-6,13H,3H2,1-2H3. The molecule has 1 aromatic rings. The molecule has 1 unspecified atom stereocenters. The summed E-state index contributed by atoms with van der Waals surface area (Å²) in [4.78, 5) is 0. The molecule has 0 aliphatic heterocycles. The van der Waals surface area contributed by atoms with Gasteiger partial charge in [-0.25, -0.2) is 4.39 Å². The number of aliphatic hydroxyl groups excluding tert-OH is 1. The third-order valence-corrected chi connectivity index (χ3v) is 2.24. The lowest BCUT2D eigenvalue weighted by atomic mass is 10.1. The fraction of sp³-hybridized carbons (Fsp3) is 0.400. The van der Waals surface area contributed by atoms with E-state index in [2.05, 4.69) is 0 Å². The highest BCUT2D eigenvalue weighted by Crippen LogP contribution is 2.30. The van der Waals surface area contributed by atoms with E-state index in [0.29, 0.717) is 22.8 Å². The van der Waals surface area contributed by atoms with Gasteiger partial charge in [0.25, 0.3) is 0 Å². The van der Waals surface area contributed by atoms with Crippen LogP contribution in [0.3, 0.4) is 0 Å². The van der Waals surface area contributed by atoms with E-state index in [9.17, 15) is 4.39 Å². The maximum atomic E-state index is 13.0. The molecule has 0 amide bonds. The van der Waals surface area contributed by atoms with Crippen LogP contribution >= 0.6 is 11.6 Å². The maximum absolute atomic E-state index is 13.0. The highest BCUT2D eigenvalue weighted by atomic mass is 35.5. The minimum atomic E-state index is -0.556. The Balaban J connectivity index is 3.08. The van der Waals surface area contributed by atoms with E-state index >= 15 is 0 Å². The first-order valence-corrected chi connectivity index (χ1v) is 4.62. The van der Waals surface area contributed by atoms with E-state index in [-0.39, 0.29) is 0 Å². The molecular weight excluding hydrogens is 207 g/mol. The molecule has 78 valence electrons. The van der Waals surface area contributed by atoms with Gasteiger partial charge in [0.05, 0.1) is 18.2 Å². The van der Waals surface area contributed by atoms with Crippen LogP contribution in [-0.2, 0) is 6.42 Å². The van der Waals surface area contributed by atoms with Crippen LogP contribution in [-0.4, -0.2) is 18.3 Å². The number of methoxy groups -OCH3 is 1. The van der Waals surface area contributed by atoms with Crippen LogP contribution in [0.5, 0.6) is 5.75 Å². The van der Waals surface area contributed by atoms with E-state index in [0.717, 1.165) is 0 Å². The van der Waals surface area contributed by atoms with Crippen LogP contribution in [0, 0.1) is 5.82 Å². The van der Waals surface area contributed by atoms with Gasteiger partial charge in [-0.05, 0) is 25.0 Å². The smallest absolute Gasteiger partial charge is 0.140 e. The fourth-order valence-corrected chi connectivity index (χ4v) is 1.50. The highest BCUT2D eigenvalue weighted by Gasteiger charge is 2.11. The number of hydrogen-bond donors (Lipinski definition) is 1. The summed E-state index contributed by atoms with van der Waals surface area (Å²) in [5.74, 6) is -0.121. The largest absolute Gasteiger partial charge is 0.495 e. The van der Waals surface area contributed by atoms with Gasteiger partial charge in [0.2, 0.25) is 0 Å². The number of ether oxygens (including phenoxy) is 1. The molecule has 2 nitrogen and oxygen atoms in total. The van der Waals surface area contributed by atoms with Crippen molar-refractivity contribution in [1.82, 2.24) is 0 Å². The lowest BCUT2D eigenvalue weighted by Gasteiger charge is -2.10. The van der Waals surface area contributed by atoms with Gasteiger partial charge in [0.1, 0.15) is 11.6 Å². The Kier molecular flexibility index (Phi) is 3.72. The lowest BCUT2D eigenvalue weighted by molar-refractivity contribution is 0.195. The molecule has 0 radical (unpaired) electrons. The van der Waals surface area contributed by atoms with Crippen LogP contribution in [0.1, 0.15) is 12.5 Å². The molecule has 0 aliphatic carbocycles. The monoisotopic (exact) mass is 218 g/mol. The van der Waals surface area contributed by atoms with Gasteiger partial charge in [-0.1, -0.05) is 11.6 Å². The summed E-state index contributed by atoms with van der Waals surface area (Å²) in [5.41, 5.74) is 0.554. The molecule has 0 fully saturated rings. The van der Waals surface area contributed by atoms with Crippen molar-refractivity contribution in [2.24, 2.45) is 0 Å². The summed E-state index contributed by atoms with van der Waals surface area (Å²) in [6.45, 7) is 1.62. The van der Waals surface area contributed by atoms with Crippen molar-refractivity contribution < 1.29 is 14.2 Å². The Bertz CT molecular complexity index is 326. The predicted octanol–water partition coefficient (Wildman–Crippen LogP) is 2.41. The average Bonchev–Trinajstić information content (AvgIpc) is 2.09. The molecule has 1 rings (SSSR count). The summed E-state index contributed by atoms with van der Waals surface area (Å²) in [6, 6.07) is 2.52. The number of hydrogen-bond acceptors (Lipinski definition) is 2.